The van der Waals surface area contributed by atoms with E-state index in [1.807, 2.05) is 0 Å². The van der Waals surface area contributed by atoms with Crippen molar-refractivity contribution in [3.63, 3.8) is 0 Å². The van der Waals surface area contributed by atoms with Crippen LogP contribution in [0.3, 0.4) is 0 Å². The Bertz CT molecular complexity index is 343. The third-order valence-electron chi connectivity index (χ3n) is 1.53. The van der Waals surface area contributed by atoms with Gasteiger partial charge in [0.1, 0.15) is 5.69 Å². The number of nitrogens with zero attached hydrogens (tertiary/aromatic N) is 1. The van der Waals surface area contributed by atoms with E-state index in [1.165, 1.54) is 0 Å². The van der Waals surface area contributed by atoms with Gasteiger partial charge in [-0.2, -0.15) is 13.2 Å². The number of pyridine rings is 1. The van der Waals surface area contributed by atoms with Crippen molar-refractivity contribution in [3.05, 3.63) is 18.0 Å². The van der Waals surface area contributed by atoms with Gasteiger partial charge in [-0.25, -0.2) is 4.98 Å². The zero-order valence-corrected chi connectivity index (χ0v) is 8.40. The molecule has 0 spiro atoms. The lowest BCUT2D eigenvalue weighted by Gasteiger charge is -2.09. The van der Waals surface area contributed by atoms with Crippen molar-refractivity contribution in [2.45, 2.75) is 11.1 Å². The highest BCUT2D eigenvalue weighted by Crippen LogP contribution is 2.32. The Hall–Kier alpha value is -0.950. The number of nitrogens with two attached hydrogens (primary N) is 1. The summed E-state index contributed by atoms with van der Waals surface area (Å²) < 4.78 is 36.8. The predicted molar refractivity (Wildman–Crippen MR) is 51.5 cm³/mol. The molecule has 15 heavy (non-hydrogen) atoms. The molecule has 0 saturated carbocycles. The molecule has 0 aliphatic carbocycles. The summed E-state index contributed by atoms with van der Waals surface area (Å²) in [7, 11) is 0. The average Bonchev–Trinajstić information content (AvgIpc) is 2.15. The maximum absolute atomic E-state index is 12.3. The van der Waals surface area contributed by atoms with Gasteiger partial charge in [-0.1, -0.05) is 0 Å². The van der Waals surface area contributed by atoms with E-state index in [0.717, 1.165) is 24.0 Å². The summed E-state index contributed by atoms with van der Waals surface area (Å²) in [6, 6.07) is 0.885. The third kappa shape index (κ3) is 3.28. The molecule has 0 aliphatic heterocycles. The van der Waals surface area contributed by atoms with Crippen molar-refractivity contribution < 1.29 is 18.3 Å². The molecule has 0 aromatic carbocycles. The van der Waals surface area contributed by atoms with Gasteiger partial charge in [0.25, 0.3) is 0 Å². The van der Waals surface area contributed by atoms with Crippen LogP contribution < -0.4 is 5.73 Å². The van der Waals surface area contributed by atoms with Crippen LogP contribution in [-0.4, -0.2) is 22.5 Å². The van der Waals surface area contributed by atoms with E-state index in [0.29, 0.717) is 5.75 Å². The molecule has 0 atom stereocenters. The summed E-state index contributed by atoms with van der Waals surface area (Å²) in [5.74, 6) is 0.297. The number of nitrogen functional groups attached to an aromatic ring is 1. The molecule has 0 fully saturated rings. The molecule has 0 saturated heterocycles. The standard InChI is InChI=1S/C8H9F3N2OS/c9-8(10,11)7-3-6(15-2-1-14)5(12)4-13-7/h3-4,14H,1-2,12H2. The second-order valence-electron chi connectivity index (χ2n) is 2.68. The molecule has 1 aromatic rings. The zero-order valence-electron chi connectivity index (χ0n) is 7.58. The largest absolute Gasteiger partial charge is 0.433 e. The van der Waals surface area contributed by atoms with Gasteiger partial charge in [-0.3, -0.25) is 0 Å². The number of thioether (sulfide) groups is 1. The lowest BCUT2D eigenvalue weighted by atomic mass is 10.3. The minimum absolute atomic E-state index is 0.117. The normalized spacial score (nSPS) is 11.7. The Morgan fingerprint density at radius 2 is 2.13 bits per heavy atom. The van der Waals surface area contributed by atoms with Crippen LogP contribution >= 0.6 is 11.8 Å². The van der Waals surface area contributed by atoms with E-state index in [1.54, 1.807) is 0 Å². The Morgan fingerprint density at radius 3 is 2.67 bits per heavy atom. The van der Waals surface area contributed by atoms with Crippen LogP contribution in [0.5, 0.6) is 0 Å². The van der Waals surface area contributed by atoms with Crippen molar-refractivity contribution in [1.82, 2.24) is 4.98 Å². The highest BCUT2D eigenvalue weighted by molar-refractivity contribution is 7.99. The van der Waals surface area contributed by atoms with Gasteiger partial charge in [0.05, 0.1) is 18.5 Å². The van der Waals surface area contributed by atoms with E-state index in [2.05, 4.69) is 4.98 Å². The van der Waals surface area contributed by atoms with Gasteiger partial charge in [0.15, 0.2) is 0 Å². The number of anilines is 1. The minimum atomic E-state index is -4.47. The maximum atomic E-state index is 12.3. The highest BCUT2D eigenvalue weighted by Gasteiger charge is 2.32. The quantitative estimate of drug-likeness (QED) is 0.788. The zero-order chi connectivity index (χ0) is 11.5. The van der Waals surface area contributed by atoms with Gasteiger partial charge in [-0.15, -0.1) is 11.8 Å². The Labute approximate surface area is 88.5 Å². The Balaban J connectivity index is 2.95. The summed E-state index contributed by atoms with van der Waals surface area (Å²) in [5.41, 5.74) is 4.65. The molecular weight excluding hydrogens is 229 g/mol. The van der Waals surface area contributed by atoms with Crippen LogP contribution in [0.1, 0.15) is 5.69 Å². The van der Waals surface area contributed by atoms with Gasteiger partial charge in [0, 0.05) is 10.6 Å². The van der Waals surface area contributed by atoms with Crippen LogP contribution in [0.25, 0.3) is 0 Å². The first-order valence-electron chi connectivity index (χ1n) is 4.01. The van der Waals surface area contributed by atoms with Gasteiger partial charge in [-0.05, 0) is 6.07 Å². The number of hydrogen-bond donors (Lipinski definition) is 2. The monoisotopic (exact) mass is 238 g/mol. The topological polar surface area (TPSA) is 59.1 Å². The first-order chi connectivity index (χ1) is 6.95. The van der Waals surface area contributed by atoms with Crippen LogP contribution in [0.15, 0.2) is 17.2 Å². The SMILES string of the molecule is Nc1cnc(C(F)(F)F)cc1SCCO. The van der Waals surface area contributed by atoms with E-state index in [9.17, 15) is 13.2 Å². The molecule has 0 unspecified atom stereocenters. The molecule has 0 bridgehead atoms. The molecule has 1 aromatic heterocycles. The fourth-order valence-electron chi connectivity index (χ4n) is 0.883. The molecule has 0 aliphatic rings. The second-order valence-corrected chi connectivity index (χ2v) is 3.81. The molecule has 1 heterocycles. The molecule has 0 amide bonds. The molecule has 3 nitrogen and oxygen atoms in total. The van der Waals surface area contributed by atoms with Crippen molar-refractivity contribution in [2.75, 3.05) is 18.1 Å². The smallest absolute Gasteiger partial charge is 0.397 e. The second kappa shape index (κ2) is 4.71. The first kappa shape index (κ1) is 12.1. The predicted octanol–water partition coefficient (Wildman–Crippen LogP) is 1.77. The number of aliphatic hydroxyl groups is 1. The van der Waals surface area contributed by atoms with E-state index in [-0.39, 0.29) is 17.2 Å². The van der Waals surface area contributed by atoms with E-state index in [4.69, 9.17) is 10.8 Å². The fraction of sp³-hybridized carbons (Fsp3) is 0.375. The van der Waals surface area contributed by atoms with Crippen molar-refractivity contribution in [1.29, 1.82) is 0 Å². The highest BCUT2D eigenvalue weighted by atomic mass is 32.2. The lowest BCUT2D eigenvalue weighted by Crippen LogP contribution is -2.08. The van der Waals surface area contributed by atoms with E-state index >= 15 is 0 Å². The minimum Gasteiger partial charge on any atom is -0.397 e. The fourth-order valence-corrected chi connectivity index (χ4v) is 1.61. The summed E-state index contributed by atoms with van der Waals surface area (Å²) in [6.07, 6.45) is -3.50. The number of halogens is 3. The van der Waals surface area contributed by atoms with Crippen molar-refractivity contribution in [2.24, 2.45) is 0 Å². The van der Waals surface area contributed by atoms with Crippen LogP contribution in [0.2, 0.25) is 0 Å². The first-order valence-corrected chi connectivity index (χ1v) is 5.00. The number of aromatic nitrogens is 1. The lowest BCUT2D eigenvalue weighted by molar-refractivity contribution is -0.141. The number of rotatable bonds is 3. The maximum Gasteiger partial charge on any atom is 0.433 e. The van der Waals surface area contributed by atoms with Crippen LogP contribution in [0, 0.1) is 0 Å². The van der Waals surface area contributed by atoms with Gasteiger partial charge in [0.2, 0.25) is 0 Å². The summed E-state index contributed by atoms with van der Waals surface area (Å²) >= 11 is 1.06. The summed E-state index contributed by atoms with van der Waals surface area (Å²) in [6.45, 7) is -0.117. The third-order valence-corrected chi connectivity index (χ3v) is 2.59. The molecule has 84 valence electrons. The molecule has 0 radical (unpaired) electrons. The molecular formula is C8H9F3N2OS. The molecule has 1 rings (SSSR count). The van der Waals surface area contributed by atoms with Crippen LogP contribution in [0.4, 0.5) is 18.9 Å². The number of hydrogen-bond acceptors (Lipinski definition) is 4. The summed E-state index contributed by atoms with van der Waals surface area (Å²) in [5, 5.41) is 8.55. The Kier molecular flexibility index (Phi) is 3.81. The van der Waals surface area contributed by atoms with E-state index < -0.39 is 11.9 Å². The average molecular weight is 238 g/mol. The van der Waals surface area contributed by atoms with Crippen molar-refractivity contribution >= 4 is 17.4 Å². The summed E-state index contributed by atoms with van der Waals surface area (Å²) in [4.78, 5) is 3.48. The molecule has 3 N–H and O–H groups in total. The molecule has 7 heteroatoms. The van der Waals surface area contributed by atoms with Crippen LogP contribution in [-0.2, 0) is 6.18 Å². The van der Waals surface area contributed by atoms with Gasteiger partial charge >= 0.3 is 6.18 Å². The number of alkyl halides is 3. The number of aliphatic hydroxyl groups excluding tert-OH is 1. The van der Waals surface area contributed by atoms with Crippen molar-refractivity contribution in [3.8, 4) is 0 Å². The Morgan fingerprint density at radius 1 is 1.47 bits per heavy atom. The van der Waals surface area contributed by atoms with Gasteiger partial charge < -0.3 is 10.8 Å².